The Bertz CT molecular complexity index is 816. The van der Waals surface area contributed by atoms with Crippen LogP contribution in [0, 0.1) is 5.92 Å². The number of rotatable bonds is 2. The van der Waals surface area contributed by atoms with Crippen molar-refractivity contribution in [1.29, 1.82) is 0 Å². The molecule has 1 N–H and O–H groups in total. The Morgan fingerprint density at radius 2 is 2.17 bits per heavy atom. The molecule has 0 fully saturated rings. The number of carbonyl (C=O) groups excluding carboxylic acids is 1. The predicted octanol–water partition coefficient (Wildman–Crippen LogP) is 3.89. The highest BCUT2D eigenvalue weighted by Gasteiger charge is 2.37. The van der Waals surface area contributed by atoms with Crippen molar-refractivity contribution in [1.82, 2.24) is 9.88 Å². The average molecular weight is 310 g/mol. The van der Waals surface area contributed by atoms with Crippen molar-refractivity contribution in [3.63, 3.8) is 0 Å². The summed E-state index contributed by atoms with van der Waals surface area (Å²) in [6.45, 7) is 5.24. The SMILES string of the molecule is COc1ccc2[nH]c3c(c2c1)C(C(C)C)CN1C(=O)CCC=C31. The van der Waals surface area contributed by atoms with E-state index in [0.717, 1.165) is 35.6 Å². The lowest BCUT2D eigenvalue weighted by molar-refractivity contribution is -0.128. The number of aromatic nitrogens is 1. The highest BCUT2D eigenvalue weighted by molar-refractivity contribution is 5.96. The number of benzene rings is 1. The third-order valence-electron chi connectivity index (χ3n) is 5.14. The summed E-state index contributed by atoms with van der Waals surface area (Å²) in [6, 6.07) is 6.16. The van der Waals surface area contributed by atoms with Gasteiger partial charge < -0.3 is 14.6 Å². The number of aromatic amines is 1. The lowest BCUT2D eigenvalue weighted by Crippen LogP contribution is -2.40. The van der Waals surface area contributed by atoms with Crippen LogP contribution in [0.3, 0.4) is 0 Å². The maximum atomic E-state index is 12.4. The fourth-order valence-electron chi connectivity index (χ4n) is 3.89. The van der Waals surface area contributed by atoms with E-state index in [9.17, 15) is 4.79 Å². The van der Waals surface area contributed by atoms with Crippen molar-refractivity contribution in [2.75, 3.05) is 13.7 Å². The molecule has 0 radical (unpaired) electrons. The highest BCUT2D eigenvalue weighted by Crippen LogP contribution is 2.44. The van der Waals surface area contributed by atoms with E-state index in [1.165, 1.54) is 10.9 Å². The maximum Gasteiger partial charge on any atom is 0.227 e. The number of nitrogens with one attached hydrogen (secondary N) is 1. The molecule has 1 aromatic carbocycles. The van der Waals surface area contributed by atoms with Crippen molar-refractivity contribution in [3.8, 4) is 5.75 Å². The van der Waals surface area contributed by atoms with E-state index in [1.807, 2.05) is 11.0 Å². The van der Waals surface area contributed by atoms with Crippen LogP contribution in [0.25, 0.3) is 16.6 Å². The third-order valence-corrected chi connectivity index (χ3v) is 5.14. The molecule has 1 unspecified atom stereocenters. The van der Waals surface area contributed by atoms with Gasteiger partial charge in [0.25, 0.3) is 0 Å². The average Bonchev–Trinajstić information content (AvgIpc) is 2.93. The van der Waals surface area contributed by atoms with Gasteiger partial charge in [-0.15, -0.1) is 0 Å². The van der Waals surface area contributed by atoms with Gasteiger partial charge >= 0.3 is 0 Å². The number of hydrogen-bond acceptors (Lipinski definition) is 2. The summed E-state index contributed by atoms with van der Waals surface area (Å²) >= 11 is 0. The molecule has 1 aromatic heterocycles. The van der Waals surface area contributed by atoms with E-state index in [4.69, 9.17) is 4.74 Å². The molecule has 2 aromatic rings. The first-order valence-corrected chi connectivity index (χ1v) is 8.30. The number of carbonyl (C=O) groups is 1. The molecule has 1 amide bonds. The second-order valence-corrected chi connectivity index (χ2v) is 6.81. The molecule has 120 valence electrons. The molecule has 3 heterocycles. The molecule has 1 atom stereocenters. The molecule has 4 nitrogen and oxygen atoms in total. The monoisotopic (exact) mass is 310 g/mol. The Hall–Kier alpha value is -2.23. The zero-order chi connectivity index (χ0) is 16.1. The summed E-state index contributed by atoms with van der Waals surface area (Å²) in [4.78, 5) is 17.9. The summed E-state index contributed by atoms with van der Waals surface area (Å²) in [5, 5.41) is 1.22. The van der Waals surface area contributed by atoms with Crippen LogP contribution in [0.5, 0.6) is 5.75 Å². The van der Waals surface area contributed by atoms with Crippen molar-refractivity contribution < 1.29 is 9.53 Å². The molecule has 0 aliphatic carbocycles. The number of amides is 1. The second kappa shape index (κ2) is 5.15. The van der Waals surface area contributed by atoms with Gasteiger partial charge in [-0.25, -0.2) is 0 Å². The quantitative estimate of drug-likeness (QED) is 0.914. The first-order valence-electron chi connectivity index (χ1n) is 8.30. The molecular weight excluding hydrogens is 288 g/mol. The number of methoxy groups -OCH3 is 1. The van der Waals surface area contributed by atoms with Gasteiger partial charge in [0, 0.05) is 29.8 Å². The smallest absolute Gasteiger partial charge is 0.227 e. The Kier molecular flexibility index (Phi) is 3.22. The molecule has 0 bridgehead atoms. The summed E-state index contributed by atoms with van der Waals surface area (Å²) in [5.41, 5.74) is 4.63. The number of fused-ring (bicyclic) bond motifs is 5. The number of nitrogens with zero attached hydrogens (tertiary/aromatic N) is 1. The van der Waals surface area contributed by atoms with Crippen molar-refractivity contribution in [2.45, 2.75) is 32.6 Å². The van der Waals surface area contributed by atoms with Gasteiger partial charge in [0.05, 0.1) is 18.5 Å². The van der Waals surface area contributed by atoms with Gasteiger partial charge in [-0.2, -0.15) is 0 Å². The zero-order valence-corrected chi connectivity index (χ0v) is 13.8. The third kappa shape index (κ3) is 2.08. The molecule has 4 heteroatoms. The van der Waals surface area contributed by atoms with Crippen LogP contribution in [-0.2, 0) is 4.79 Å². The van der Waals surface area contributed by atoms with E-state index < -0.39 is 0 Å². The minimum absolute atomic E-state index is 0.245. The van der Waals surface area contributed by atoms with Crippen LogP contribution < -0.4 is 4.74 Å². The van der Waals surface area contributed by atoms with Crippen LogP contribution in [0.15, 0.2) is 24.3 Å². The fourth-order valence-corrected chi connectivity index (χ4v) is 3.89. The minimum atomic E-state index is 0.245. The number of hydrogen-bond donors (Lipinski definition) is 1. The van der Waals surface area contributed by atoms with Crippen molar-refractivity contribution >= 4 is 22.5 Å². The molecular formula is C19H22N2O2. The van der Waals surface area contributed by atoms with Gasteiger partial charge in [0.2, 0.25) is 5.91 Å². The van der Waals surface area contributed by atoms with E-state index in [0.29, 0.717) is 18.3 Å². The largest absolute Gasteiger partial charge is 0.497 e. The van der Waals surface area contributed by atoms with Gasteiger partial charge in [0.1, 0.15) is 5.75 Å². The van der Waals surface area contributed by atoms with E-state index in [-0.39, 0.29) is 5.91 Å². The van der Waals surface area contributed by atoms with Crippen LogP contribution in [0.4, 0.5) is 0 Å². The molecule has 0 spiro atoms. The Morgan fingerprint density at radius 3 is 2.91 bits per heavy atom. The van der Waals surface area contributed by atoms with Gasteiger partial charge in [-0.3, -0.25) is 4.79 Å². The fraction of sp³-hybridized carbons (Fsp3) is 0.421. The van der Waals surface area contributed by atoms with Crippen LogP contribution in [0.1, 0.15) is 43.9 Å². The summed E-state index contributed by atoms with van der Waals surface area (Å²) in [6.07, 6.45) is 3.65. The highest BCUT2D eigenvalue weighted by atomic mass is 16.5. The Balaban J connectivity index is 1.99. The molecule has 4 rings (SSSR count). The first-order chi connectivity index (χ1) is 11.1. The van der Waals surface area contributed by atoms with Gasteiger partial charge in [0.15, 0.2) is 0 Å². The molecule has 2 aliphatic heterocycles. The van der Waals surface area contributed by atoms with Gasteiger partial charge in [-0.05, 0) is 36.1 Å². The number of ether oxygens (including phenoxy) is 1. The standard InChI is InChI=1S/C19H22N2O2/c1-11(2)14-10-21-16(5-4-6-17(21)22)19-18(14)13-9-12(23-3)7-8-15(13)20-19/h5,7-9,11,14,20H,4,6,10H2,1-3H3. The lowest BCUT2D eigenvalue weighted by atomic mass is 9.81. The van der Waals surface area contributed by atoms with E-state index >= 15 is 0 Å². The van der Waals surface area contributed by atoms with Gasteiger partial charge in [-0.1, -0.05) is 19.9 Å². The topological polar surface area (TPSA) is 45.3 Å². The van der Waals surface area contributed by atoms with Crippen LogP contribution in [0.2, 0.25) is 0 Å². The summed E-state index contributed by atoms with van der Waals surface area (Å²) in [5.74, 6) is 1.92. The molecule has 2 aliphatic rings. The predicted molar refractivity (Wildman–Crippen MR) is 91.4 cm³/mol. The van der Waals surface area contributed by atoms with E-state index in [1.54, 1.807) is 7.11 Å². The van der Waals surface area contributed by atoms with Crippen molar-refractivity contribution in [2.24, 2.45) is 5.92 Å². The number of H-pyrrole nitrogens is 1. The van der Waals surface area contributed by atoms with Crippen LogP contribution in [-0.4, -0.2) is 29.4 Å². The summed E-state index contributed by atoms with van der Waals surface area (Å²) in [7, 11) is 1.70. The molecule has 0 saturated heterocycles. The zero-order valence-electron chi connectivity index (χ0n) is 13.8. The first kappa shape index (κ1) is 14.4. The normalized spacial score (nSPS) is 20.5. The molecule has 23 heavy (non-hydrogen) atoms. The minimum Gasteiger partial charge on any atom is -0.497 e. The lowest BCUT2D eigenvalue weighted by Gasteiger charge is -2.38. The Labute approximate surface area is 136 Å². The Morgan fingerprint density at radius 1 is 1.35 bits per heavy atom. The van der Waals surface area contributed by atoms with Crippen molar-refractivity contribution in [3.05, 3.63) is 35.5 Å². The van der Waals surface area contributed by atoms with E-state index in [2.05, 4.69) is 37.0 Å². The van der Waals surface area contributed by atoms with Crippen LogP contribution >= 0.6 is 0 Å². The second-order valence-electron chi connectivity index (χ2n) is 6.81. The number of allylic oxidation sites excluding steroid dienone is 1. The molecule has 0 saturated carbocycles. The maximum absolute atomic E-state index is 12.4. The summed E-state index contributed by atoms with van der Waals surface area (Å²) < 4.78 is 5.41.